The van der Waals surface area contributed by atoms with Crippen molar-refractivity contribution in [1.82, 2.24) is 9.88 Å². The van der Waals surface area contributed by atoms with Crippen LogP contribution in [0.3, 0.4) is 0 Å². The summed E-state index contributed by atoms with van der Waals surface area (Å²) in [5.74, 6) is 5.87. The minimum absolute atomic E-state index is 0.0537. The molecule has 19 heavy (non-hydrogen) atoms. The Bertz CT molecular complexity index is 370. The lowest BCUT2D eigenvalue weighted by Crippen LogP contribution is -2.33. The zero-order valence-corrected chi connectivity index (χ0v) is 11.9. The lowest BCUT2D eigenvalue weighted by molar-refractivity contribution is 0.0750. The first-order valence-corrected chi connectivity index (χ1v) is 6.94. The van der Waals surface area contributed by atoms with Crippen LogP contribution in [0.1, 0.15) is 49.9 Å². The number of nitrogen functional groups attached to an aromatic ring is 1. The molecule has 3 N–H and O–H groups in total. The lowest BCUT2D eigenvalue weighted by atomic mass is 10.2. The van der Waals surface area contributed by atoms with Gasteiger partial charge in [-0.15, -0.1) is 0 Å². The van der Waals surface area contributed by atoms with Crippen LogP contribution in [-0.2, 0) is 0 Å². The molecule has 0 aliphatic rings. The highest BCUT2D eigenvalue weighted by Gasteiger charge is 2.15. The maximum Gasteiger partial charge on any atom is 0.255 e. The van der Waals surface area contributed by atoms with Crippen LogP contribution in [0.5, 0.6) is 0 Å². The van der Waals surface area contributed by atoms with Crippen molar-refractivity contribution in [3.8, 4) is 0 Å². The molecule has 0 spiro atoms. The van der Waals surface area contributed by atoms with Gasteiger partial charge in [0.1, 0.15) is 5.82 Å². The molecule has 1 heterocycles. The molecule has 0 unspecified atom stereocenters. The number of hydrogen-bond acceptors (Lipinski definition) is 4. The number of rotatable bonds is 8. The van der Waals surface area contributed by atoms with Gasteiger partial charge in [0.15, 0.2) is 0 Å². The average molecular weight is 264 g/mol. The molecule has 0 aliphatic heterocycles. The van der Waals surface area contributed by atoms with Gasteiger partial charge in [0, 0.05) is 19.3 Å². The fourth-order valence-electron chi connectivity index (χ4n) is 1.80. The fraction of sp³-hybridized carbons (Fsp3) is 0.571. The summed E-state index contributed by atoms with van der Waals surface area (Å²) in [5.41, 5.74) is 3.07. The molecule has 0 atom stereocenters. The van der Waals surface area contributed by atoms with E-state index in [-0.39, 0.29) is 5.91 Å². The Morgan fingerprint density at radius 1 is 1.26 bits per heavy atom. The zero-order valence-electron chi connectivity index (χ0n) is 11.9. The van der Waals surface area contributed by atoms with Gasteiger partial charge in [-0.05, 0) is 25.0 Å². The molecular weight excluding hydrogens is 240 g/mol. The number of nitrogens with zero attached hydrogens (tertiary/aromatic N) is 2. The standard InChI is InChI=1S/C14H24N4O/c1-3-5-9-18(10-6-4-2)14(19)12-7-8-13(17-15)16-11-12/h7-8,11H,3-6,9-10,15H2,1-2H3,(H,16,17). The lowest BCUT2D eigenvalue weighted by Gasteiger charge is -2.22. The molecule has 0 saturated carbocycles. The molecule has 0 aliphatic carbocycles. The highest BCUT2D eigenvalue weighted by molar-refractivity contribution is 5.94. The van der Waals surface area contributed by atoms with Crippen LogP contribution in [0.2, 0.25) is 0 Å². The van der Waals surface area contributed by atoms with E-state index in [4.69, 9.17) is 5.84 Å². The summed E-state index contributed by atoms with van der Waals surface area (Å²) in [6.45, 7) is 5.88. The van der Waals surface area contributed by atoms with Crippen molar-refractivity contribution in [2.75, 3.05) is 18.5 Å². The van der Waals surface area contributed by atoms with Gasteiger partial charge in [0.2, 0.25) is 0 Å². The van der Waals surface area contributed by atoms with Gasteiger partial charge >= 0.3 is 0 Å². The van der Waals surface area contributed by atoms with Gasteiger partial charge in [-0.2, -0.15) is 0 Å². The smallest absolute Gasteiger partial charge is 0.255 e. The second kappa shape index (κ2) is 8.48. The molecule has 0 radical (unpaired) electrons. The van der Waals surface area contributed by atoms with Crippen molar-refractivity contribution in [3.63, 3.8) is 0 Å². The predicted molar refractivity (Wildman–Crippen MR) is 77.8 cm³/mol. The predicted octanol–water partition coefficient (Wildman–Crippen LogP) is 2.41. The van der Waals surface area contributed by atoms with Crippen molar-refractivity contribution in [3.05, 3.63) is 23.9 Å². The molecule has 1 aromatic heterocycles. The van der Waals surface area contributed by atoms with Gasteiger partial charge < -0.3 is 10.3 Å². The first-order chi connectivity index (χ1) is 9.22. The number of nitrogens with two attached hydrogens (primary N) is 1. The number of nitrogens with one attached hydrogen (secondary N) is 1. The monoisotopic (exact) mass is 264 g/mol. The minimum Gasteiger partial charge on any atom is -0.339 e. The van der Waals surface area contributed by atoms with E-state index in [9.17, 15) is 4.79 Å². The second-order valence-electron chi connectivity index (χ2n) is 4.58. The number of pyridine rings is 1. The third kappa shape index (κ3) is 4.87. The van der Waals surface area contributed by atoms with Crippen LogP contribution in [0.25, 0.3) is 0 Å². The van der Waals surface area contributed by atoms with Crippen LogP contribution < -0.4 is 11.3 Å². The Balaban J connectivity index is 2.72. The van der Waals surface area contributed by atoms with E-state index in [0.717, 1.165) is 38.8 Å². The molecule has 1 rings (SSSR count). The summed E-state index contributed by atoms with van der Waals surface area (Å²) in [7, 11) is 0. The summed E-state index contributed by atoms with van der Waals surface area (Å²) >= 11 is 0. The number of anilines is 1. The van der Waals surface area contributed by atoms with Crippen molar-refractivity contribution < 1.29 is 4.79 Å². The summed E-state index contributed by atoms with van der Waals surface area (Å²) < 4.78 is 0. The molecule has 0 aromatic carbocycles. The molecule has 1 aromatic rings. The Labute approximate surface area is 115 Å². The van der Waals surface area contributed by atoms with Gasteiger partial charge in [0.25, 0.3) is 5.91 Å². The number of aromatic nitrogens is 1. The number of hydrogen-bond donors (Lipinski definition) is 2. The van der Waals surface area contributed by atoms with E-state index in [0.29, 0.717) is 11.4 Å². The maximum absolute atomic E-state index is 12.4. The summed E-state index contributed by atoms with van der Waals surface area (Å²) in [4.78, 5) is 18.4. The molecule has 1 amide bonds. The first kappa shape index (κ1) is 15.4. The van der Waals surface area contributed by atoms with Gasteiger partial charge in [-0.3, -0.25) is 4.79 Å². The average Bonchev–Trinajstić information content (AvgIpc) is 2.47. The van der Waals surface area contributed by atoms with E-state index in [1.807, 2.05) is 4.90 Å². The van der Waals surface area contributed by atoms with Gasteiger partial charge in [-0.25, -0.2) is 10.8 Å². The fourth-order valence-corrected chi connectivity index (χ4v) is 1.80. The third-order valence-corrected chi connectivity index (χ3v) is 3.01. The maximum atomic E-state index is 12.4. The molecule has 5 heteroatoms. The number of amides is 1. The largest absolute Gasteiger partial charge is 0.339 e. The Morgan fingerprint density at radius 2 is 1.89 bits per heavy atom. The third-order valence-electron chi connectivity index (χ3n) is 3.01. The van der Waals surface area contributed by atoms with Gasteiger partial charge in [-0.1, -0.05) is 26.7 Å². The Morgan fingerprint density at radius 3 is 2.32 bits per heavy atom. The number of carbonyl (C=O) groups excluding carboxylic acids is 1. The summed E-state index contributed by atoms with van der Waals surface area (Å²) in [6.07, 6.45) is 5.81. The summed E-state index contributed by atoms with van der Waals surface area (Å²) in [5, 5.41) is 0. The van der Waals surface area contributed by atoms with Crippen LogP contribution in [0.4, 0.5) is 5.82 Å². The van der Waals surface area contributed by atoms with Crippen LogP contribution >= 0.6 is 0 Å². The van der Waals surface area contributed by atoms with E-state index in [1.165, 1.54) is 0 Å². The minimum atomic E-state index is 0.0537. The van der Waals surface area contributed by atoms with Crippen molar-refractivity contribution in [1.29, 1.82) is 0 Å². The van der Waals surface area contributed by atoms with Crippen LogP contribution in [0.15, 0.2) is 18.3 Å². The van der Waals surface area contributed by atoms with Gasteiger partial charge in [0.05, 0.1) is 5.56 Å². The SMILES string of the molecule is CCCCN(CCCC)C(=O)c1ccc(NN)nc1. The topological polar surface area (TPSA) is 71.2 Å². The van der Waals surface area contributed by atoms with Crippen molar-refractivity contribution in [2.45, 2.75) is 39.5 Å². The Hall–Kier alpha value is -1.62. The second-order valence-corrected chi connectivity index (χ2v) is 4.58. The van der Waals surface area contributed by atoms with E-state index >= 15 is 0 Å². The van der Waals surface area contributed by atoms with E-state index < -0.39 is 0 Å². The van der Waals surface area contributed by atoms with Crippen LogP contribution in [0, 0.1) is 0 Å². The van der Waals surface area contributed by atoms with E-state index in [1.54, 1.807) is 18.3 Å². The highest BCUT2D eigenvalue weighted by Crippen LogP contribution is 2.09. The molecule has 0 fully saturated rings. The molecular formula is C14H24N4O. The Kier molecular flexibility index (Phi) is 6.89. The zero-order chi connectivity index (χ0) is 14.1. The van der Waals surface area contributed by atoms with Crippen molar-refractivity contribution >= 4 is 11.7 Å². The molecule has 5 nitrogen and oxygen atoms in total. The molecule has 106 valence electrons. The highest BCUT2D eigenvalue weighted by atomic mass is 16.2. The van der Waals surface area contributed by atoms with Crippen molar-refractivity contribution in [2.24, 2.45) is 5.84 Å². The number of carbonyl (C=O) groups is 1. The quantitative estimate of drug-likeness (QED) is 0.558. The first-order valence-electron chi connectivity index (χ1n) is 6.94. The van der Waals surface area contributed by atoms with E-state index in [2.05, 4.69) is 24.3 Å². The van der Waals surface area contributed by atoms with Crippen LogP contribution in [-0.4, -0.2) is 28.9 Å². The molecule has 0 saturated heterocycles. The number of hydrazine groups is 1. The molecule has 0 bridgehead atoms. The normalized spacial score (nSPS) is 10.3. The number of unbranched alkanes of at least 4 members (excludes halogenated alkanes) is 2. The summed E-state index contributed by atoms with van der Waals surface area (Å²) in [6, 6.07) is 3.47.